The van der Waals surface area contributed by atoms with E-state index in [-0.39, 0.29) is 17.9 Å². The summed E-state index contributed by atoms with van der Waals surface area (Å²) in [7, 11) is 0. The lowest BCUT2D eigenvalue weighted by atomic mass is 10.2. The fourth-order valence-corrected chi connectivity index (χ4v) is 2.25. The van der Waals surface area contributed by atoms with E-state index >= 15 is 0 Å². The van der Waals surface area contributed by atoms with Gasteiger partial charge in [0.25, 0.3) is 0 Å². The highest BCUT2D eigenvalue weighted by molar-refractivity contribution is 6.05. The third-order valence-corrected chi connectivity index (χ3v) is 3.21. The maximum Gasteiger partial charge on any atom is 0.246 e. The van der Waals surface area contributed by atoms with Crippen LogP contribution in [0.25, 0.3) is 0 Å². The molecular weight excluding hydrogens is 244 g/mol. The van der Waals surface area contributed by atoms with Gasteiger partial charge in [0.1, 0.15) is 0 Å². The van der Waals surface area contributed by atoms with Crippen LogP contribution in [-0.4, -0.2) is 45.6 Å². The van der Waals surface area contributed by atoms with E-state index in [0.717, 1.165) is 19.4 Å². The number of imide groups is 1. The van der Waals surface area contributed by atoms with Crippen molar-refractivity contribution in [2.75, 3.05) is 13.1 Å². The van der Waals surface area contributed by atoms with Crippen molar-refractivity contribution in [1.29, 1.82) is 0 Å². The molecule has 1 atom stereocenters. The molecule has 2 heterocycles. The molecule has 1 aromatic heterocycles. The predicted octanol–water partition coefficient (Wildman–Crippen LogP) is 0.400. The molecule has 2 amide bonds. The van der Waals surface area contributed by atoms with Crippen molar-refractivity contribution in [1.82, 2.24) is 20.0 Å². The molecule has 0 aromatic carbocycles. The van der Waals surface area contributed by atoms with Crippen LogP contribution in [0.4, 0.5) is 0 Å². The Morgan fingerprint density at radius 3 is 2.95 bits per heavy atom. The molecule has 6 nitrogen and oxygen atoms in total. The van der Waals surface area contributed by atoms with E-state index in [2.05, 4.69) is 10.4 Å². The standard InChI is InChI=1S/C13H20N4O2/c1-2-7-17-12(18)10-11(13(17)19)14-5-3-8-16-9-4-6-15-16/h4,6,9,11,14H,2-3,5,7-8,10H2,1H3. The van der Waals surface area contributed by atoms with Crippen molar-refractivity contribution in [3.8, 4) is 0 Å². The lowest BCUT2D eigenvalue weighted by Gasteiger charge is -2.14. The third kappa shape index (κ3) is 3.41. The minimum absolute atomic E-state index is 0.0589. The third-order valence-electron chi connectivity index (χ3n) is 3.21. The molecule has 1 aromatic rings. The van der Waals surface area contributed by atoms with Crippen LogP contribution in [0.3, 0.4) is 0 Å². The zero-order valence-electron chi connectivity index (χ0n) is 11.2. The molecule has 6 heteroatoms. The molecule has 19 heavy (non-hydrogen) atoms. The molecule has 1 unspecified atom stereocenters. The summed E-state index contributed by atoms with van der Waals surface area (Å²) in [6, 6.07) is 1.55. The minimum Gasteiger partial charge on any atom is -0.305 e. The van der Waals surface area contributed by atoms with Gasteiger partial charge in [-0.05, 0) is 25.5 Å². The molecule has 0 aliphatic carbocycles. The lowest BCUT2D eigenvalue weighted by Crippen LogP contribution is -2.39. The van der Waals surface area contributed by atoms with E-state index in [0.29, 0.717) is 19.5 Å². The van der Waals surface area contributed by atoms with Gasteiger partial charge in [-0.2, -0.15) is 5.10 Å². The van der Waals surface area contributed by atoms with E-state index < -0.39 is 0 Å². The highest BCUT2D eigenvalue weighted by Gasteiger charge is 2.37. The number of rotatable bonds is 7. The van der Waals surface area contributed by atoms with Crippen molar-refractivity contribution < 1.29 is 9.59 Å². The van der Waals surface area contributed by atoms with Gasteiger partial charge < -0.3 is 5.32 Å². The molecule has 1 fully saturated rings. The molecular formula is C13H20N4O2. The maximum absolute atomic E-state index is 12.0. The Hall–Kier alpha value is -1.69. The molecule has 1 saturated heterocycles. The smallest absolute Gasteiger partial charge is 0.246 e. The van der Waals surface area contributed by atoms with Gasteiger partial charge in [-0.3, -0.25) is 19.2 Å². The first-order valence-corrected chi connectivity index (χ1v) is 6.77. The summed E-state index contributed by atoms with van der Waals surface area (Å²) in [5.41, 5.74) is 0. The van der Waals surface area contributed by atoms with Gasteiger partial charge in [0, 0.05) is 25.5 Å². The number of carbonyl (C=O) groups is 2. The van der Waals surface area contributed by atoms with Gasteiger partial charge in [0.2, 0.25) is 11.8 Å². The predicted molar refractivity (Wildman–Crippen MR) is 70.3 cm³/mol. The van der Waals surface area contributed by atoms with E-state index in [1.807, 2.05) is 23.9 Å². The first-order chi connectivity index (χ1) is 9.22. The Labute approximate surface area is 112 Å². The second-order valence-corrected chi connectivity index (χ2v) is 4.72. The van der Waals surface area contributed by atoms with Crippen LogP contribution in [0.5, 0.6) is 0 Å². The van der Waals surface area contributed by atoms with Gasteiger partial charge in [0.05, 0.1) is 12.5 Å². The summed E-state index contributed by atoms with van der Waals surface area (Å²) in [6.45, 7) is 4.02. The number of hydrogen-bond acceptors (Lipinski definition) is 4. The summed E-state index contributed by atoms with van der Waals surface area (Å²) < 4.78 is 1.85. The number of amides is 2. The number of aryl methyl sites for hydroxylation is 1. The molecule has 1 N–H and O–H groups in total. The van der Waals surface area contributed by atoms with Crippen molar-refractivity contribution in [2.24, 2.45) is 0 Å². The Morgan fingerprint density at radius 1 is 1.42 bits per heavy atom. The van der Waals surface area contributed by atoms with Crippen LogP contribution in [0.2, 0.25) is 0 Å². The van der Waals surface area contributed by atoms with E-state index in [1.165, 1.54) is 4.90 Å². The number of likely N-dealkylation sites (tertiary alicyclic amines) is 1. The fraction of sp³-hybridized carbons (Fsp3) is 0.615. The van der Waals surface area contributed by atoms with Crippen LogP contribution >= 0.6 is 0 Å². The molecule has 1 aliphatic heterocycles. The summed E-state index contributed by atoms with van der Waals surface area (Å²) >= 11 is 0. The molecule has 2 rings (SSSR count). The van der Waals surface area contributed by atoms with Crippen molar-refractivity contribution in [3.05, 3.63) is 18.5 Å². The molecule has 0 spiro atoms. The highest BCUT2D eigenvalue weighted by atomic mass is 16.2. The average Bonchev–Trinajstić information content (AvgIpc) is 2.99. The van der Waals surface area contributed by atoms with Crippen LogP contribution in [-0.2, 0) is 16.1 Å². The molecule has 1 aliphatic rings. The highest BCUT2D eigenvalue weighted by Crippen LogP contribution is 2.13. The Morgan fingerprint density at radius 2 is 2.26 bits per heavy atom. The molecule has 0 radical (unpaired) electrons. The second-order valence-electron chi connectivity index (χ2n) is 4.72. The molecule has 0 bridgehead atoms. The quantitative estimate of drug-likeness (QED) is 0.572. The zero-order chi connectivity index (χ0) is 13.7. The zero-order valence-corrected chi connectivity index (χ0v) is 11.2. The summed E-state index contributed by atoms with van der Waals surface area (Å²) in [4.78, 5) is 25.0. The van der Waals surface area contributed by atoms with E-state index in [4.69, 9.17) is 0 Å². The number of nitrogens with one attached hydrogen (secondary N) is 1. The van der Waals surface area contributed by atoms with E-state index in [9.17, 15) is 9.59 Å². The van der Waals surface area contributed by atoms with Crippen molar-refractivity contribution in [3.63, 3.8) is 0 Å². The average molecular weight is 264 g/mol. The number of aromatic nitrogens is 2. The van der Waals surface area contributed by atoms with Crippen LogP contribution in [0.1, 0.15) is 26.2 Å². The maximum atomic E-state index is 12.0. The first kappa shape index (κ1) is 13.7. The van der Waals surface area contributed by atoms with Gasteiger partial charge in [-0.25, -0.2) is 0 Å². The van der Waals surface area contributed by atoms with Gasteiger partial charge in [0.15, 0.2) is 0 Å². The lowest BCUT2D eigenvalue weighted by molar-refractivity contribution is -0.138. The molecule has 0 saturated carbocycles. The minimum atomic E-state index is -0.336. The second kappa shape index (κ2) is 6.47. The monoisotopic (exact) mass is 264 g/mol. The number of hydrogen-bond donors (Lipinski definition) is 1. The topological polar surface area (TPSA) is 67.2 Å². The largest absolute Gasteiger partial charge is 0.305 e. The van der Waals surface area contributed by atoms with Gasteiger partial charge in [-0.1, -0.05) is 6.92 Å². The Kier molecular flexibility index (Phi) is 4.68. The van der Waals surface area contributed by atoms with Crippen LogP contribution < -0.4 is 5.32 Å². The van der Waals surface area contributed by atoms with Crippen molar-refractivity contribution >= 4 is 11.8 Å². The summed E-state index contributed by atoms with van der Waals surface area (Å²) in [5.74, 6) is -0.137. The van der Waals surface area contributed by atoms with Gasteiger partial charge in [-0.15, -0.1) is 0 Å². The normalized spacial score (nSPS) is 19.4. The summed E-state index contributed by atoms with van der Waals surface area (Å²) in [5, 5.41) is 7.27. The number of nitrogens with zero attached hydrogens (tertiary/aromatic N) is 3. The first-order valence-electron chi connectivity index (χ1n) is 6.77. The van der Waals surface area contributed by atoms with Gasteiger partial charge >= 0.3 is 0 Å². The Bertz CT molecular complexity index is 430. The van der Waals surface area contributed by atoms with E-state index in [1.54, 1.807) is 6.20 Å². The summed E-state index contributed by atoms with van der Waals surface area (Å²) in [6.07, 6.45) is 5.64. The molecule has 104 valence electrons. The van der Waals surface area contributed by atoms with Crippen molar-refractivity contribution in [2.45, 2.75) is 38.8 Å². The van der Waals surface area contributed by atoms with Crippen LogP contribution in [0.15, 0.2) is 18.5 Å². The SMILES string of the molecule is CCCN1C(=O)CC(NCCCn2cccn2)C1=O. The van der Waals surface area contributed by atoms with Crippen LogP contribution in [0, 0.1) is 0 Å². The number of carbonyl (C=O) groups excluding carboxylic acids is 2. The fourth-order valence-electron chi connectivity index (χ4n) is 2.25. The Balaban J connectivity index is 1.71.